The van der Waals surface area contributed by atoms with Gasteiger partial charge in [-0.1, -0.05) is 20.3 Å². The Balaban J connectivity index is 2.14. The topological polar surface area (TPSA) is 44.5 Å². The molecule has 1 aliphatic heterocycles. The Morgan fingerprint density at radius 2 is 2.00 bits per heavy atom. The number of rotatable bonds is 1. The first-order valence-electron chi connectivity index (χ1n) is 5.61. The molecule has 2 atom stereocenters. The van der Waals surface area contributed by atoms with Crippen LogP contribution >= 0.6 is 0 Å². The van der Waals surface area contributed by atoms with E-state index in [0.717, 1.165) is 6.42 Å². The van der Waals surface area contributed by atoms with Crippen LogP contribution in [0.5, 0.6) is 0 Å². The van der Waals surface area contributed by atoms with Crippen LogP contribution in [0.25, 0.3) is 0 Å². The van der Waals surface area contributed by atoms with Gasteiger partial charge in [-0.2, -0.15) is 0 Å². The maximum Gasteiger partial charge on any atom is 0.173 e. The van der Waals surface area contributed by atoms with Gasteiger partial charge in [-0.05, 0) is 12.8 Å². The lowest BCUT2D eigenvalue weighted by molar-refractivity contribution is -0.252. The van der Waals surface area contributed by atoms with Crippen molar-refractivity contribution in [3.8, 4) is 0 Å². The van der Waals surface area contributed by atoms with Crippen LogP contribution in [-0.2, 0) is 9.47 Å². The average Bonchev–Trinajstić information content (AvgIpc) is 2.56. The Kier molecular flexibility index (Phi) is 2.58. The molecule has 3 nitrogen and oxygen atoms in total. The normalized spacial score (nSPS) is 41.8. The molecule has 0 radical (unpaired) electrons. The minimum absolute atomic E-state index is 0.104. The molecule has 0 aromatic rings. The van der Waals surface area contributed by atoms with Crippen LogP contribution in [0, 0.1) is 5.41 Å². The second-order valence-corrected chi connectivity index (χ2v) is 5.13. The van der Waals surface area contributed by atoms with E-state index in [9.17, 15) is 0 Å². The van der Waals surface area contributed by atoms with E-state index in [4.69, 9.17) is 15.2 Å². The van der Waals surface area contributed by atoms with Gasteiger partial charge in [0.05, 0.1) is 12.7 Å². The fourth-order valence-electron chi connectivity index (χ4n) is 2.62. The summed E-state index contributed by atoms with van der Waals surface area (Å²) in [5, 5.41) is 0. The Morgan fingerprint density at radius 3 is 2.57 bits per heavy atom. The highest BCUT2D eigenvalue weighted by atomic mass is 16.7. The second-order valence-electron chi connectivity index (χ2n) is 5.13. The number of hydrogen-bond acceptors (Lipinski definition) is 3. The van der Waals surface area contributed by atoms with E-state index < -0.39 is 0 Å². The van der Waals surface area contributed by atoms with E-state index in [1.54, 1.807) is 0 Å². The maximum absolute atomic E-state index is 6.01. The molecule has 2 fully saturated rings. The van der Waals surface area contributed by atoms with E-state index in [-0.39, 0.29) is 17.3 Å². The van der Waals surface area contributed by atoms with Gasteiger partial charge >= 0.3 is 0 Å². The third-order valence-electron chi connectivity index (χ3n) is 3.71. The fourth-order valence-corrected chi connectivity index (χ4v) is 2.62. The molecule has 1 heterocycles. The van der Waals surface area contributed by atoms with Gasteiger partial charge in [-0.3, -0.25) is 0 Å². The lowest BCUT2D eigenvalue weighted by atomic mass is 9.72. The molecule has 2 N–H and O–H groups in total. The van der Waals surface area contributed by atoms with Crippen LogP contribution in [0.1, 0.15) is 39.5 Å². The highest BCUT2D eigenvalue weighted by Gasteiger charge is 2.53. The van der Waals surface area contributed by atoms with Crippen LogP contribution in [0.3, 0.4) is 0 Å². The zero-order valence-corrected chi connectivity index (χ0v) is 9.21. The van der Waals surface area contributed by atoms with Crippen LogP contribution < -0.4 is 5.73 Å². The summed E-state index contributed by atoms with van der Waals surface area (Å²) in [5.74, 6) is -0.338. The van der Waals surface area contributed by atoms with E-state index in [1.807, 2.05) is 0 Å². The van der Waals surface area contributed by atoms with Crippen LogP contribution in [-0.4, -0.2) is 25.0 Å². The zero-order valence-electron chi connectivity index (χ0n) is 9.21. The SMILES string of the molecule is CC1(C)CCCCC12OCC(CN)O2. The molecule has 3 heteroatoms. The Hall–Kier alpha value is -0.120. The lowest BCUT2D eigenvalue weighted by Crippen LogP contribution is -2.48. The monoisotopic (exact) mass is 199 g/mol. The van der Waals surface area contributed by atoms with Crippen molar-refractivity contribution < 1.29 is 9.47 Å². The number of ether oxygens (including phenoxy) is 2. The molecule has 2 unspecified atom stereocenters. The average molecular weight is 199 g/mol. The summed E-state index contributed by atoms with van der Waals surface area (Å²) >= 11 is 0. The fraction of sp³-hybridized carbons (Fsp3) is 1.00. The van der Waals surface area contributed by atoms with Gasteiger partial charge in [0.25, 0.3) is 0 Å². The first-order chi connectivity index (χ1) is 6.60. The third kappa shape index (κ3) is 1.47. The van der Waals surface area contributed by atoms with E-state index in [1.165, 1.54) is 19.3 Å². The summed E-state index contributed by atoms with van der Waals surface area (Å²) < 4.78 is 11.9. The quantitative estimate of drug-likeness (QED) is 0.698. The number of nitrogens with two attached hydrogens (primary N) is 1. The first-order valence-corrected chi connectivity index (χ1v) is 5.61. The van der Waals surface area contributed by atoms with E-state index in [0.29, 0.717) is 13.2 Å². The third-order valence-corrected chi connectivity index (χ3v) is 3.71. The lowest BCUT2D eigenvalue weighted by Gasteiger charge is -2.46. The Morgan fingerprint density at radius 1 is 1.29 bits per heavy atom. The van der Waals surface area contributed by atoms with Gasteiger partial charge in [0.15, 0.2) is 5.79 Å². The molecule has 0 bridgehead atoms. The summed E-state index contributed by atoms with van der Waals surface area (Å²) in [6.45, 7) is 5.72. The highest BCUT2D eigenvalue weighted by Crippen LogP contribution is 2.49. The summed E-state index contributed by atoms with van der Waals surface area (Å²) in [6.07, 6.45) is 4.81. The van der Waals surface area contributed by atoms with Gasteiger partial charge in [-0.25, -0.2) is 0 Å². The predicted molar refractivity (Wildman–Crippen MR) is 54.9 cm³/mol. The van der Waals surface area contributed by atoms with Crippen LogP contribution in [0.4, 0.5) is 0 Å². The van der Waals surface area contributed by atoms with E-state index >= 15 is 0 Å². The van der Waals surface area contributed by atoms with Crippen molar-refractivity contribution in [2.75, 3.05) is 13.2 Å². The molecule has 2 rings (SSSR count). The largest absolute Gasteiger partial charge is 0.347 e. The summed E-state index contributed by atoms with van der Waals surface area (Å²) in [4.78, 5) is 0. The van der Waals surface area contributed by atoms with Crippen molar-refractivity contribution in [1.82, 2.24) is 0 Å². The molecule has 2 aliphatic rings. The van der Waals surface area contributed by atoms with Gasteiger partial charge in [-0.15, -0.1) is 0 Å². The first kappa shape index (κ1) is 10.4. The highest BCUT2D eigenvalue weighted by molar-refractivity contribution is 4.95. The van der Waals surface area contributed by atoms with Gasteiger partial charge in [0.1, 0.15) is 0 Å². The van der Waals surface area contributed by atoms with E-state index in [2.05, 4.69) is 13.8 Å². The smallest absolute Gasteiger partial charge is 0.173 e. The molecule has 14 heavy (non-hydrogen) atoms. The van der Waals surface area contributed by atoms with Gasteiger partial charge in [0, 0.05) is 18.4 Å². The zero-order chi connectivity index (χ0) is 10.2. The minimum Gasteiger partial charge on any atom is -0.347 e. The Labute approximate surface area is 85.9 Å². The second kappa shape index (κ2) is 3.47. The van der Waals surface area contributed by atoms with Crippen molar-refractivity contribution in [2.24, 2.45) is 11.1 Å². The summed E-state index contributed by atoms with van der Waals surface area (Å²) in [5.41, 5.74) is 5.74. The molecule has 1 saturated heterocycles. The van der Waals surface area contributed by atoms with Crippen LogP contribution in [0.2, 0.25) is 0 Å². The Bertz CT molecular complexity index is 217. The van der Waals surface area contributed by atoms with Crippen molar-refractivity contribution in [1.29, 1.82) is 0 Å². The molecule has 1 spiro atoms. The molecule has 0 aromatic heterocycles. The van der Waals surface area contributed by atoms with Crippen molar-refractivity contribution in [2.45, 2.75) is 51.4 Å². The molecule has 0 amide bonds. The van der Waals surface area contributed by atoms with Crippen LogP contribution in [0.15, 0.2) is 0 Å². The maximum atomic E-state index is 6.01. The molecule has 1 aliphatic carbocycles. The van der Waals surface area contributed by atoms with Crippen molar-refractivity contribution in [3.63, 3.8) is 0 Å². The van der Waals surface area contributed by atoms with Gasteiger partial charge < -0.3 is 15.2 Å². The number of hydrogen-bond donors (Lipinski definition) is 1. The molecule has 82 valence electrons. The molecule has 1 saturated carbocycles. The molecule has 0 aromatic carbocycles. The van der Waals surface area contributed by atoms with Crippen molar-refractivity contribution in [3.05, 3.63) is 0 Å². The standard InChI is InChI=1S/C11H21NO2/c1-10(2)5-3-4-6-11(10)13-8-9(7-12)14-11/h9H,3-8,12H2,1-2H3. The summed E-state index contributed by atoms with van der Waals surface area (Å²) in [7, 11) is 0. The van der Waals surface area contributed by atoms with Crippen molar-refractivity contribution >= 4 is 0 Å². The van der Waals surface area contributed by atoms with Gasteiger partial charge in [0.2, 0.25) is 0 Å². The predicted octanol–water partition coefficient (Wildman–Crippen LogP) is 1.66. The summed E-state index contributed by atoms with van der Waals surface area (Å²) in [6, 6.07) is 0. The minimum atomic E-state index is -0.338. The molecular formula is C11H21NO2. The molecular weight excluding hydrogens is 178 g/mol.